The third kappa shape index (κ3) is 8.63. The third-order valence-electron chi connectivity index (χ3n) is 2.10. The Morgan fingerprint density at radius 1 is 1.37 bits per heavy atom. The fourth-order valence-electron chi connectivity index (χ4n) is 1.33. The van der Waals surface area contributed by atoms with Crippen LogP contribution in [0, 0.1) is 5.82 Å². The molecule has 4 nitrogen and oxygen atoms in total. The van der Waals surface area contributed by atoms with Crippen LogP contribution in [-0.4, -0.2) is 25.2 Å². The van der Waals surface area contributed by atoms with Gasteiger partial charge in [0.2, 0.25) is 0 Å². The van der Waals surface area contributed by atoms with Crippen molar-refractivity contribution in [2.45, 2.75) is 26.3 Å². The summed E-state index contributed by atoms with van der Waals surface area (Å²) in [5.74, 6) is 0.847. The van der Waals surface area contributed by atoms with Crippen LogP contribution in [0.3, 0.4) is 0 Å². The zero-order valence-electron chi connectivity index (χ0n) is 11.2. The Kier molecular flexibility index (Phi) is 9.28. The lowest BCUT2D eigenvalue weighted by Gasteiger charge is -2.08. The van der Waals surface area contributed by atoms with Gasteiger partial charge in [0, 0.05) is 19.0 Å². The van der Waals surface area contributed by atoms with Gasteiger partial charge in [-0.2, -0.15) is 0 Å². The molecule has 1 rings (SSSR count). The third-order valence-corrected chi connectivity index (χ3v) is 2.10. The highest BCUT2D eigenvalue weighted by Gasteiger charge is 1.96. The van der Waals surface area contributed by atoms with E-state index in [-0.39, 0.29) is 35.8 Å². The van der Waals surface area contributed by atoms with Gasteiger partial charge >= 0.3 is 0 Å². The molecule has 1 aromatic carbocycles. The minimum absolute atomic E-state index is 0. The number of nitrogens with two attached hydrogens (primary N) is 1. The van der Waals surface area contributed by atoms with E-state index >= 15 is 0 Å². The zero-order chi connectivity index (χ0) is 13.4. The standard InChI is InChI=1S/C13H20FN3O.HI/c1-10(2)17-13(15)16-8-3-9-18-12-6-4-11(14)5-7-12;/h4-7,10H,3,8-9H2,1-2H3,(H3,15,16,17);1H. The molecule has 0 unspecified atom stereocenters. The SMILES string of the molecule is CC(C)NC(N)=NCCCOc1ccc(F)cc1.I. The first-order chi connectivity index (χ1) is 8.58. The van der Waals surface area contributed by atoms with Crippen LogP contribution in [0.25, 0.3) is 0 Å². The Balaban J connectivity index is 0.00000324. The van der Waals surface area contributed by atoms with E-state index in [9.17, 15) is 4.39 Å². The van der Waals surface area contributed by atoms with E-state index in [2.05, 4.69) is 10.3 Å². The molecule has 3 N–H and O–H groups in total. The lowest BCUT2D eigenvalue weighted by molar-refractivity contribution is 0.313. The number of guanidine groups is 1. The molecule has 0 spiro atoms. The molecule has 108 valence electrons. The highest BCUT2D eigenvalue weighted by Crippen LogP contribution is 2.10. The quantitative estimate of drug-likeness (QED) is 0.345. The monoisotopic (exact) mass is 381 g/mol. The summed E-state index contributed by atoms with van der Waals surface area (Å²) in [6.45, 7) is 5.14. The number of nitrogens with zero attached hydrogens (tertiary/aromatic N) is 1. The van der Waals surface area contributed by atoms with E-state index in [1.807, 2.05) is 13.8 Å². The average Bonchev–Trinajstić information content (AvgIpc) is 2.30. The summed E-state index contributed by atoms with van der Waals surface area (Å²) in [6.07, 6.45) is 0.762. The van der Waals surface area contributed by atoms with Gasteiger partial charge in [0.15, 0.2) is 5.96 Å². The Morgan fingerprint density at radius 2 is 2.00 bits per heavy atom. The number of rotatable bonds is 6. The highest BCUT2D eigenvalue weighted by atomic mass is 127. The lowest BCUT2D eigenvalue weighted by Crippen LogP contribution is -2.36. The second-order valence-corrected chi connectivity index (χ2v) is 4.22. The summed E-state index contributed by atoms with van der Waals surface area (Å²) < 4.78 is 18.1. The molecule has 1 aromatic rings. The van der Waals surface area contributed by atoms with Crippen molar-refractivity contribution in [3.63, 3.8) is 0 Å². The van der Waals surface area contributed by atoms with Crippen LogP contribution in [0.15, 0.2) is 29.3 Å². The van der Waals surface area contributed by atoms with E-state index in [0.29, 0.717) is 24.9 Å². The summed E-state index contributed by atoms with van der Waals surface area (Å²) >= 11 is 0. The van der Waals surface area contributed by atoms with Gasteiger partial charge in [-0.05, 0) is 38.1 Å². The van der Waals surface area contributed by atoms with Crippen molar-refractivity contribution in [1.82, 2.24) is 5.32 Å². The second-order valence-electron chi connectivity index (χ2n) is 4.22. The molecule has 0 aromatic heterocycles. The number of aliphatic imine (C=N–C) groups is 1. The van der Waals surface area contributed by atoms with Gasteiger partial charge in [0.25, 0.3) is 0 Å². The molecule has 0 atom stereocenters. The largest absolute Gasteiger partial charge is 0.494 e. The van der Waals surface area contributed by atoms with Crippen molar-refractivity contribution >= 4 is 29.9 Å². The maximum Gasteiger partial charge on any atom is 0.188 e. The van der Waals surface area contributed by atoms with Crippen LogP contribution in [0.4, 0.5) is 4.39 Å². The highest BCUT2D eigenvalue weighted by molar-refractivity contribution is 14.0. The number of hydrogen-bond acceptors (Lipinski definition) is 2. The molecule has 19 heavy (non-hydrogen) atoms. The van der Waals surface area contributed by atoms with Crippen LogP contribution >= 0.6 is 24.0 Å². The summed E-state index contributed by atoms with van der Waals surface area (Å²) in [4.78, 5) is 4.15. The summed E-state index contributed by atoms with van der Waals surface area (Å²) in [5, 5.41) is 3.00. The molecule has 6 heteroatoms. The van der Waals surface area contributed by atoms with Crippen molar-refractivity contribution in [1.29, 1.82) is 0 Å². The number of ether oxygens (including phenoxy) is 1. The van der Waals surface area contributed by atoms with Crippen LogP contribution in [0.5, 0.6) is 5.75 Å². The summed E-state index contributed by atoms with van der Waals surface area (Å²) in [5.41, 5.74) is 5.64. The molecule has 0 bridgehead atoms. The van der Waals surface area contributed by atoms with Crippen molar-refractivity contribution in [3.05, 3.63) is 30.1 Å². The fraction of sp³-hybridized carbons (Fsp3) is 0.462. The molecule has 0 heterocycles. The zero-order valence-corrected chi connectivity index (χ0v) is 13.6. The molecule has 0 radical (unpaired) electrons. The van der Waals surface area contributed by atoms with E-state index in [0.717, 1.165) is 6.42 Å². The van der Waals surface area contributed by atoms with Gasteiger partial charge in [-0.1, -0.05) is 0 Å². The molecule has 0 saturated heterocycles. The van der Waals surface area contributed by atoms with Crippen molar-refractivity contribution < 1.29 is 9.13 Å². The average molecular weight is 381 g/mol. The van der Waals surface area contributed by atoms with E-state index in [1.165, 1.54) is 12.1 Å². The molecular formula is C13H21FIN3O. The maximum atomic E-state index is 12.6. The first-order valence-corrected chi connectivity index (χ1v) is 6.03. The topological polar surface area (TPSA) is 59.6 Å². The van der Waals surface area contributed by atoms with Crippen molar-refractivity contribution in [3.8, 4) is 5.75 Å². The van der Waals surface area contributed by atoms with E-state index in [1.54, 1.807) is 12.1 Å². The predicted molar refractivity (Wildman–Crippen MR) is 86.7 cm³/mol. The molecular weight excluding hydrogens is 360 g/mol. The minimum Gasteiger partial charge on any atom is -0.494 e. The Hall–Kier alpha value is -1.05. The molecule has 0 aliphatic heterocycles. The van der Waals surface area contributed by atoms with Crippen molar-refractivity contribution in [2.24, 2.45) is 10.7 Å². The number of halogens is 2. The molecule has 0 amide bonds. The minimum atomic E-state index is -0.264. The first kappa shape index (κ1) is 17.9. The van der Waals surface area contributed by atoms with Crippen LogP contribution in [-0.2, 0) is 0 Å². The van der Waals surface area contributed by atoms with Gasteiger partial charge in [0.1, 0.15) is 11.6 Å². The Labute approximate surface area is 130 Å². The molecule has 0 aliphatic rings. The fourth-order valence-corrected chi connectivity index (χ4v) is 1.33. The number of benzene rings is 1. The smallest absolute Gasteiger partial charge is 0.188 e. The molecule has 0 aliphatic carbocycles. The lowest BCUT2D eigenvalue weighted by atomic mass is 10.3. The number of nitrogens with one attached hydrogen (secondary N) is 1. The van der Waals surface area contributed by atoms with Crippen molar-refractivity contribution in [2.75, 3.05) is 13.2 Å². The molecule has 0 saturated carbocycles. The van der Waals surface area contributed by atoms with Gasteiger partial charge in [-0.25, -0.2) is 4.39 Å². The Bertz CT molecular complexity index is 382. The normalized spacial score (nSPS) is 11.1. The van der Waals surface area contributed by atoms with E-state index in [4.69, 9.17) is 10.5 Å². The first-order valence-electron chi connectivity index (χ1n) is 6.03. The second kappa shape index (κ2) is 9.82. The van der Waals surface area contributed by atoms with Gasteiger partial charge in [-0.15, -0.1) is 24.0 Å². The van der Waals surface area contributed by atoms with Gasteiger partial charge < -0.3 is 15.8 Å². The maximum absolute atomic E-state index is 12.6. The van der Waals surface area contributed by atoms with Crippen LogP contribution in [0.1, 0.15) is 20.3 Å². The summed E-state index contributed by atoms with van der Waals surface area (Å²) in [7, 11) is 0. The predicted octanol–water partition coefficient (Wildman–Crippen LogP) is 2.53. The van der Waals surface area contributed by atoms with Crippen LogP contribution < -0.4 is 15.8 Å². The summed E-state index contributed by atoms with van der Waals surface area (Å²) in [6, 6.07) is 6.24. The molecule has 0 fully saturated rings. The van der Waals surface area contributed by atoms with Crippen LogP contribution in [0.2, 0.25) is 0 Å². The Morgan fingerprint density at radius 3 is 2.58 bits per heavy atom. The van der Waals surface area contributed by atoms with Gasteiger partial charge in [0.05, 0.1) is 6.61 Å². The number of hydrogen-bond donors (Lipinski definition) is 2. The van der Waals surface area contributed by atoms with E-state index < -0.39 is 0 Å². The van der Waals surface area contributed by atoms with Gasteiger partial charge in [-0.3, -0.25) is 4.99 Å².